The molecular weight excluding hydrogens is 515 g/mol. The summed E-state index contributed by atoms with van der Waals surface area (Å²) in [5.41, 5.74) is -0.800. The van der Waals surface area contributed by atoms with E-state index in [-0.39, 0.29) is 22.5 Å². The van der Waals surface area contributed by atoms with E-state index in [4.69, 9.17) is 18.6 Å². The van der Waals surface area contributed by atoms with Gasteiger partial charge in [0.05, 0.1) is 12.5 Å². The number of ether oxygens (including phenoxy) is 3. The first kappa shape index (κ1) is 25.7. The molecule has 39 heavy (non-hydrogen) atoms. The number of nitrogens with one attached hydrogen (secondary N) is 1. The van der Waals surface area contributed by atoms with E-state index >= 15 is 0 Å². The van der Waals surface area contributed by atoms with E-state index in [1.807, 2.05) is 30.3 Å². The molecule has 0 radical (unpaired) electrons. The van der Waals surface area contributed by atoms with Crippen molar-refractivity contribution in [3.05, 3.63) is 101 Å². The Hall–Kier alpha value is -4.99. The molecule has 0 aliphatic rings. The molecule has 0 unspecified atom stereocenters. The molecule has 0 aliphatic carbocycles. The molecule has 1 heterocycles. The monoisotopic (exact) mass is 535 g/mol. The Morgan fingerprint density at radius 1 is 0.872 bits per heavy atom. The number of rotatable bonds is 7. The highest BCUT2D eigenvalue weighted by atomic mass is 19.4. The molecule has 0 bridgehead atoms. The molecule has 0 saturated heterocycles. The highest BCUT2D eigenvalue weighted by Gasteiger charge is 2.40. The maximum absolute atomic E-state index is 13.8. The van der Waals surface area contributed by atoms with Crippen LogP contribution >= 0.6 is 0 Å². The maximum atomic E-state index is 13.8. The van der Waals surface area contributed by atoms with Crippen LogP contribution in [0.2, 0.25) is 0 Å². The van der Waals surface area contributed by atoms with Gasteiger partial charge in [0.2, 0.25) is 11.2 Å². The van der Waals surface area contributed by atoms with Gasteiger partial charge in [-0.25, -0.2) is 0 Å². The van der Waals surface area contributed by atoms with E-state index in [1.165, 1.54) is 43.5 Å². The summed E-state index contributed by atoms with van der Waals surface area (Å²) in [6, 6.07) is 22.4. The summed E-state index contributed by atoms with van der Waals surface area (Å²) in [5.74, 6) is -2.58. The van der Waals surface area contributed by atoms with Crippen molar-refractivity contribution in [2.45, 2.75) is 6.18 Å². The smallest absolute Gasteiger partial charge is 0.453 e. The number of benzene rings is 4. The van der Waals surface area contributed by atoms with Crippen LogP contribution in [0.25, 0.3) is 21.7 Å². The first-order valence-electron chi connectivity index (χ1n) is 11.6. The molecule has 198 valence electrons. The Labute approximate surface area is 219 Å². The van der Waals surface area contributed by atoms with Gasteiger partial charge < -0.3 is 23.9 Å². The van der Waals surface area contributed by atoms with Gasteiger partial charge in [-0.2, -0.15) is 13.2 Å². The maximum Gasteiger partial charge on any atom is 0.453 e. The Morgan fingerprint density at radius 3 is 2.31 bits per heavy atom. The van der Waals surface area contributed by atoms with Crippen LogP contribution in [0, 0.1) is 0 Å². The van der Waals surface area contributed by atoms with Crippen molar-refractivity contribution >= 4 is 33.3 Å². The summed E-state index contributed by atoms with van der Waals surface area (Å²) >= 11 is 0. The zero-order chi connectivity index (χ0) is 27.6. The predicted molar refractivity (Wildman–Crippen MR) is 139 cm³/mol. The van der Waals surface area contributed by atoms with Gasteiger partial charge in [0.25, 0.3) is 11.7 Å². The zero-order valence-electron chi connectivity index (χ0n) is 20.4. The lowest BCUT2D eigenvalue weighted by molar-refractivity contribution is -0.154. The fourth-order valence-electron chi connectivity index (χ4n) is 3.96. The van der Waals surface area contributed by atoms with Crippen molar-refractivity contribution in [2.24, 2.45) is 0 Å². The van der Waals surface area contributed by atoms with Crippen molar-refractivity contribution in [3.63, 3.8) is 0 Å². The minimum atomic E-state index is -5.02. The lowest BCUT2D eigenvalue weighted by Gasteiger charge is -2.14. The average molecular weight is 535 g/mol. The quantitative estimate of drug-likeness (QED) is 0.247. The van der Waals surface area contributed by atoms with E-state index in [0.29, 0.717) is 11.4 Å². The molecule has 0 saturated carbocycles. The van der Waals surface area contributed by atoms with Crippen LogP contribution < -0.4 is 25.0 Å². The van der Waals surface area contributed by atoms with Crippen molar-refractivity contribution in [2.75, 3.05) is 19.0 Å². The van der Waals surface area contributed by atoms with Crippen LogP contribution in [-0.4, -0.2) is 19.6 Å². The first-order chi connectivity index (χ1) is 18.7. The minimum Gasteiger partial charge on any atom is -0.497 e. The number of alkyl halides is 3. The second-order valence-corrected chi connectivity index (χ2v) is 8.39. The third-order valence-corrected chi connectivity index (χ3v) is 5.79. The highest BCUT2D eigenvalue weighted by Crippen LogP contribution is 2.39. The largest absolute Gasteiger partial charge is 0.497 e. The summed E-state index contributed by atoms with van der Waals surface area (Å²) in [5, 5.41) is 4.39. The van der Waals surface area contributed by atoms with Gasteiger partial charge in [-0.3, -0.25) is 9.59 Å². The van der Waals surface area contributed by atoms with Gasteiger partial charge in [-0.15, -0.1) is 0 Å². The van der Waals surface area contributed by atoms with Crippen molar-refractivity contribution in [3.8, 4) is 23.0 Å². The molecule has 0 atom stereocenters. The molecule has 7 nitrogen and oxygen atoms in total. The van der Waals surface area contributed by atoms with Gasteiger partial charge in [0.1, 0.15) is 22.8 Å². The van der Waals surface area contributed by atoms with Crippen molar-refractivity contribution < 1.29 is 36.6 Å². The topological polar surface area (TPSA) is 87.0 Å². The number of fused-ring (bicyclic) bond motifs is 2. The summed E-state index contributed by atoms with van der Waals surface area (Å²) < 4.78 is 62.4. The molecular formula is C29H20F3NO6. The molecule has 5 rings (SSSR count). The van der Waals surface area contributed by atoms with E-state index in [0.717, 1.165) is 16.8 Å². The highest BCUT2D eigenvalue weighted by molar-refractivity contribution is 6.02. The number of anilines is 1. The lowest BCUT2D eigenvalue weighted by Crippen LogP contribution is -2.20. The molecule has 4 aromatic carbocycles. The Morgan fingerprint density at radius 2 is 1.56 bits per heavy atom. The number of halogens is 3. The Bertz CT molecular complexity index is 1720. The zero-order valence-corrected chi connectivity index (χ0v) is 20.4. The van der Waals surface area contributed by atoms with E-state index < -0.39 is 35.6 Å². The molecule has 1 amide bonds. The number of carbonyl (C=O) groups is 1. The van der Waals surface area contributed by atoms with Crippen LogP contribution in [-0.2, 0) is 11.0 Å². The summed E-state index contributed by atoms with van der Waals surface area (Å²) in [7, 11) is 1.44. The summed E-state index contributed by atoms with van der Waals surface area (Å²) in [6.45, 7) is -0.427. The van der Waals surface area contributed by atoms with E-state index in [2.05, 4.69) is 5.32 Å². The molecule has 1 N–H and O–H groups in total. The van der Waals surface area contributed by atoms with E-state index in [9.17, 15) is 22.8 Å². The minimum absolute atomic E-state index is 0.00916. The van der Waals surface area contributed by atoms with Crippen LogP contribution in [0.1, 0.15) is 5.76 Å². The third kappa shape index (κ3) is 5.49. The van der Waals surface area contributed by atoms with E-state index in [1.54, 1.807) is 12.1 Å². The van der Waals surface area contributed by atoms with Gasteiger partial charge in [0, 0.05) is 17.1 Å². The third-order valence-electron chi connectivity index (χ3n) is 5.79. The SMILES string of the molecule is COc1ccc(Oc2c(C(F)(F)F)oc3cc(OCC(=O)Nc4cccc5ccccc45)ccc3c2=O)cc1. The second kappa shape index (κ2) is 10.4. The summed E-state index contributed by atoms with van der Waals surface area (Å²) in [6.07, 6.45) is -5.02. The van der Waals surface area contributed by atoms with Gasteiger partial charge in [-0.05, 0) is 47.9 Å². The number of hydrogen-bond acceptors (Lipinski definition) is 6. The fraction of sp³-hybridized carbons (Fsp3) is 0.103. The molecule has 1 aromatic heterocycles. The fourth-order valence-corrected chi connectivity index (χ4v) is 3.96. The molecule has 0 aliphatic heterocycles. The lowest BCUT2D eigenvalue weighted by atomic mass is 10.1. The molecule has 0 fully saturated rings. The normalized spacial score (nSPS) is 11.4. The molecule has 5 aromatic rings. The second-order valence-electron chi connectivity index (χ2n) is 8.39. The van der Waals surface area contributed by atoms with Crippen molar-refractivity contribution in [1.29, 1.82) is 0 Å². The van der Waals surface area contributed by atoms with Crippen LogP contribution in [0.5, 0.6) is 23.0 Å². The Balaban J connectivity index is 1.39. The van der Waals surface area contributed by atoms with Gasteiger partial charge >= 0.3 is 6.18 Å². The average Bonchev–Trinajstić information content (AvgIpc) is 2.93. The number of hydrogen-bond donors (Lipinski definition) is 1. The predicted octanol–water partition coefficient (Wildman–Crippen LogP) is 6.78. The number of amides is 1. The Kier molecular flexibility index (Phi) is 6.84. The number of carbonyl (C=O) groups excluding carboxylic acids is 1. The standard InChI is InChI=1S/C29H20F3NO6/c1-36-18-9-11-19(12-10-18)38-27-26(35)22-14-13-20(15-24(22)39-28(27)29(30,31)32)37-16-25(34)33-23-8-4-6-17-5-2-3-7-21(17)23/h2-15H,16H2,1H3,(H,33,34). The first-order valence-corrected chi connectivity index (χ1v) is 11.6. The summed E-state index contributed by atoms with van der Waals surface area (Å²) in [4.78, 5) is 25.5. The van der Waals surface area contributed by atoms with Crippen LogP contribution in [0.15, 0.2) is 94.1 Å². The molecule has 10 heteroatoms. The van der Waals surface area contributed by atoms with Crippen LogP contribution in [0.3, 0.4) is 0 Å². The number of methoxy groups -OCH3 is 1. The molecule has 0 spiro atoms. The van der Waals surface area contributed by atoms with Crippen LogP contribution in [0.4, 0.5) is 18.9 Å². The van der Waals surface area contributed by atoms with Crippen molar-refractivity contribution in [1.82, 2.24) is 0 Å². The van der Waals surface area contributed by atoms with Gasteiger partial charge in [-0.1, -0.05) is 36.4 Å². The van der Waals surface area contributed by atoms with Gasteiger partial charge in [0.15, 0.2) is 6.61 Å².